The molecule has 1 aromatic carbocycles. The number of benzene rings is 1. The van der Waals surface area contributed by atoms with E-state index in [0.717, 1.165) is 21.9 Å². The summed E-state index contributed by atoms with van der Waals surface area (Å²) in [5.74, 6) is 0.633. The standard InChI is InChI=1S/C19H20N4OS/c1-20-19-22-12-10-16(23-19)17-8-7-15(25-17)13-18(24)21-11-9-14-5-3-2-4-6-14/h2-8,10,12H,9,11,13H2,1H3,(H,21,24)(H,20,22,23). The van der Waals surface area contributed by atoms with Crippen molar-refractivity contribution in [2.75, 3.05) is 18.9 Å². The molecule has 0 saturated heterocycles. The van der Waals surface area contributed by atoms with Crippen LogP contribution in [0.1, 0.15) is 10.4 Å². The topological polar surface area (TPSA) is 66.9 Å². The van der Waals surface area contributed by atoms with Gasteiger partial charge in [0, 0.05) is 24.7 Å². The Bertz CT molecular complexity index is 832. The lowest BCUT2D eigenvalue weighted by atomic mass is 10.1. The van der Waals surface area contributed by atoms with E-state index >= 15 is 0 Å². The number of carbonyl (C=O) groups is 1. The molecule has 2 heterocycles. The zero-order valence-corrected chi connectivity index (χ0v) is 14.8. The van der Waals surface area contributed by atoms with Crippen LogP contribution in [-0.4, -0.2) is 29.5 Å². The number of hydrogen-bond acceptors (Lipinski definition) is 5. The van der Waals surface area contributed by atoms with Crippen molar-refractivity contribution in [3.05, 3.63) is 65.2 Å². The van der Waals surface area contributed by atoms with Gasteiger partial charge in [-0.3, -0.25) is 4.79 Å². The second kappa shape index (κ2) is 8.39. The fourth-order valence-electron chi connectivity index (χ4n) is 2.44. The molecule has 6 heteroatoms. The maximum absolute atomic E-state index is 12.1. The molecule has 0 fully saturated rings. The van der Waals surface area contributed by atoms with Crippen molar-refractivity contribution in [1.82, 2.24) is 15.3 Å². The SMILES string of the molecule is CNc1nccc(-c2ccc(CC(=O)NCCc3ccccc3)s2)n1. The number of nitrogens with one attached hydrogen (secondary N) is 2. The summed E-state index contributed by atoms with van der Waals surface area (Å²) < 4.78 is 0. The fourth-order valence-corrected chi connectivity index (χ4v) is 3.41. The molecule has 0 radical (unpaired) electrons. The highest BCUT2D eigenvalue weighted by Gasteiger charge is 2.09. The average molecular weight is 352 g/mol. The van der Waals surface area contributed by atoms with E-state index in [1.54, 1.807) is 24.6 Å². The molecule has 25 heavy (non-hydrogen) atoms. The Morgan fingerprint density at radius 3 is 2.76 bits per heavy atom. The number of thiophene rings is 1. The summed E-state index contributed by atoms with van der Waals surface area (Å²) in [6.07, 6.45) is 2.96. The Morgan fingerprint density at radius 2 is 1.96 bits per heavy atom. The number of aromatic nitrogens is 2. The van der Waals surface area contributed by atoms with Crippen molar-refractivity contribution in [2.24, 2.45) is 0 Å². The average Bonchev–Trinajstić information content (AvgIpc) is 3.11. The molecule has 0 spiro atoms. The molecule has 3 rings (SSSR count). The van der Waals surface area contributed by atoms with E-state index in [1.165, 1.54) is 5.56 Å². The summed E-state index contributed by atoms with van der Waals surface area (Å²) in [6, 6.07) is 16.0. The van der Waals surface area contributed by atoms with Gasteiger partial charge in [0.15, 0.2) is 0 Å². The minimum Gasteiger partial charge on any atom is -0.357 e. The second-order valence-electron chi connectivity index (χ2n) is 5.54. The van der Waals surface area contributed by atoms with Gasteiger partial charge < -0.3 is 10.6 Å². The molecule has 1 amide bonds. The van der Waals surface area contributed by atoms with Gasteiger partial charge in [-0.2, -0.15) is 0 Å². The summed E-state index contributed by atoms with van der Waals surface area (Å²) in [7, 11) is 1.79. The van der Waals surface area contributed by atoms with Gasteiger partial charge in [0.05, 0.1) is 17.0 Å². The first-order chi connectivity index (χ1) is 12.2. The molecular weight excluding hydrogens is 332 g/mol. The van der Waals surface area contributed by atoms with Crippen LogP contribution in [0, 0.1) is 0 Å². The third-order valence-corrected chi connectivity index (χ3v) is 4.81. The van der Waals surface area contributed by atoms with Crippen LogP contribution < -0.4 is 10.6 Å². The molecule has 0 aliphatic carbocycles. The number of carbonyl (C=O) groups excluding carboxylic acids is 1. The van der Waals surface area contributed by atoms with Crippen molar-refractivity contribution in [1.29, 1.82) is 0 Å². The number of amides is 1. The molecule has 128 valence electrons. The van der Waals surface area contributed by atoms with Gasteiger partial charge in [-0.15, -0.1) is 11.3 Å². The van der Waals surface area contributed by atoms with Crippen LogP contribution in [0.25, 0.3) is 10.6 Å². The zero-order valence-electron chi connectivity index (χ0n) is 14.0. The highest BCUT2D eigenvalue weighted by Crippen LogP contribution is 2.27. The maximum Gasteiger partial charge on any atom is 0.225 e. The molecule has 2 aromatic heterocycles. The number of nitrogens with zero attached hydrogens (tertiary/aromatic N) is 2. The lowest BCUT2D eigenvalue weighted by molar-refractivity contribution is -0.120. The number of anilines is 1. The van der Waals surface area contributed by atoms with Crippen LogP contribution in [0.2, 0.25) is 0 Å². The van der Waals surface area contributed by atoms with Crippen LogP contribution in [-0.2, 0) is 17.6 Å². The Morgan fingerprint density at radius 1 is 1.12 bits per heavy atom. The summed E-state index contributed by atoms with van der Waals surface area (Å²) in [6.45, 7) is 0.651. The Hall–Kier alpha value is -2.73. The van der Waals surface area contributed by atoms with Gasteiger partial charge in [-0.25, -0.2) is 9.97 Å². The molecule has 5 nitrogen and oxygen atoms in total. The molecule has 0 unspecified atom stereocenters. The molecule has 0 saturated carbocycles. The normalized spacial score (nSPS) is 10.4. The smallest absolute Gasteiger partial charge is 0.225 e. The lowest BCUT2D eigenvalue weighted by Crippen LogP contribution is -2.26. The Labute approximate surface area is 151 Å². The molecule has 0 aliphatic rings. The van der Waals surface area contributed by atoms with E-state index in [2.05, 4.69) is 32.7 Å². The monoisotopic (exact) mass is 352 g/mol. The number of rotatable bonds is 7. The summed E-state index contributed by atoms with van der Waals surface area (Å²) in [5.41, 5.74) is 2.09. The first-order valence-corrected chi connectivity index (χ1v) is 8.97. The maximum atomic E-state index is 12.1. The van der Waals surface area contributed by atoms with Crippen molar-refractivity contribution in [3.8, 4) is 10.6 Å². The zero-order chi connectivity index (χ0) is 17.5. The van der Waals surface area contributed by atoms with Gasteiger partial charge in [-0.1, -0.05) is 30.3 Å². The minimum absolute atomic E-state index is 0.0444. The van der Waals surface area contributed by atoms with E-state index in [1.807, 2.05) is 36.4 Å². The first kappa shape index (κ1) is 17.1. The largest absolute Gasteiger partial charge is 0.357 e. The Balaban J connectivity index is 1.53. The van der Waals surface area contributed by atoms with Crippen LogP contribution in [0.5, 0.6) is 0 Å². The molecule has 0 bridgehead atoms. The van der Waals surface area contributed by atoms with Crippen LogP contribution in [0.3, 0.4) is 0 Å². The van der Waals surface area contributed by atoms with Crippen LogP contribution in [0.4, 0.5) is 5.95 Å². The summed E-state index contributed by atoms with van der Waals surface area (Å²) in [5, 5.41) is 5.91. The highest BCUT2D eigenvalue weighted by atomic mass is 32.1. The summed E-state index contributed by atoms with van der Waals surface area (Å²) in [4.78, 5) is 22.7. The van der Waals surface area contributed by atoms with Gasteiger partial charge >= 0.3 is 0 Å². The molecular formula is C19H20N4OS. The Kier molecular flexibility index (Phi) is 5.74. The van der Waals surface area contributed by atoms with Gasteiger partial charge in [0.1, 0.15) is 0 Å². The molecule has 0 atom stereocenters. The third-order valence-electron chi connectivity index (χ3n) is 3.71. The van der Waals surface area contributed by atoms with E-state index in [0.29, 0.717) is 18.9 Å². The third kappa shape index (κ3) is 4.87. The molecule has 0 aliphatic heterocycles. The predicted molar refractivity (Wildman–Crippen MR) is 102 cm³/mol. The minimum atomic E-state index is 0.0444. The van der Waals surface area contributed by atoms with E-state index in [-0.39, 0.29) is 5.91 Å². The summed E-state index contributed by atoms with van der Waals surface area (Å²) >= 11 is 1.58. The van der Waals surface area contributed by atoms with Crippen molar-refractivity contribution < 1.29 is 4.79 Å². The first-order valence-electron chi connectivity index (χ1n) is 8.15. The second-order valence-corrected chi connectivity index (χ2v) is 6.71. The lowest BCUT2D eigenvalue weighted by Gasteiger charge is -2.04. The van der Waals surface area contributed by atoms with Crippen LogP contribution >= 0.6 is 11.3 Å². The van der Waals surface area contributed by atoms with Gasteiger partial charge in [0.2, 0.25) is 11.9 Å². The van der Waals surface area contributed by atoms with Gasteiger partial charge in [0.25, 0.3) is 0 Å². The van der Waals surface area contributed by atoms with Crippen LogP contribution in [0.15, 0.2) is 54.7 Å². The van der Waals surface area contributed by atoms with E-state index < -0.39 is 0 Å². The molecule has 2 N–H and O–H groups in total. The van der Waals surface area contributed by atoms with E-state index in [9.17, 15) is 4.79 Å². The molecule has 3 aromatic rings. The predicted octanol–water partition coefficient (Wildman–Crippen LogP) is 3.15. The number of hydrogen-bond donors (Lipinski definition) is 2. The van der Waals surface area contributed by atoms with Crippen molar-refractivity contribution in [2.45, 2.75) is 12.8 Å². The van der Waals surface area contributed by atoms with Crippen molar-refractivity contribution >= 4 is 23.2 Å². The van der Waals surface area contributed by atoms with Crippen molar-refractivity contribution in [3.63, 3.8) is 0 Å². The quantitative estimate of drug-likeness (QED) is 0.685. The van der Waals surface area contributed by atoms with Gasteiger partial charge in [-0.05, 0) is 30.2 Å². The van der Waals surface area contributed by atoms with E-state index in [4.69, 9.17) is 0 Å². The highest BCUT2D eigenvalue weighted by molar-refractivity contribution is 7.15. The fraction of sp³-hybridized carbons (Fsp3) is 0.211.